The van der Waals surface area contributed by atoms with Gasteiger partial charge in [0.05, 0.1) is 0 Å². The fourth-order valence-corrected chi connectivity index (χ4v) is 4.45. The highest BCUT2D eigenvalue weighted by Crippen LogP contribution is 2.34. The Bertz CT molecular complexity index is 103. The zero-order chi connectivity index (χ0) is 7.61. The number of hydrogen-bond acceptors (Lipinski definition) is 0. The highest BCUT2D eigenvalue weighted by atomic mass is 35.7. The first-order chi connectivity index (χ1) is 4.58. The van der Waals surface area contributed by atoms with Crippen molar-refractivity contribution >= 4 is 28.9 Å². The van der Waals surface area contributed by atoms with Crippen LogP contribution in [0, 0.1) is 5.92 Å². The molecule has 0 aliphatic heterocycles. The van der Waals surface area contributed by atoms with E-state index in [1.54, 1.807) is 0 Å². The summed E-state index contributed by atoms with van der Waals surface area (Å²) in [5.74, 6) is 0.853. The van der Waals surface area contributed by atoms with Crippen molar-refractivity contribution in [3.63, 3.8) is 0 Å². The number of halogens is 2. The average Bonchev–Trinajstić information content (AvgIpc) is 2.12. The van der Waals surface area contributed by atoms with Gasteiger partial charge < -0.3 is 0 Å². The van der Waals surface area contributed by atoms with E-state index in [1.165, 1.54) is 25.7 Å². The Kier molecular flexibility index (Phi) is 3.08. The van der Waals surface area contributed by atoms with Gasteiger partial charge in [0.15, 0.2) is 0 Å². The molecular formula is C7H14Cl2Si. The van der Waals surface area contributed by atoms with Gasteiger partial charge in [-0.3, -0.25) is 0 Å². The zero-order valence-corrected chi connectivity index (χ0v) is 8.88. The molecule has 60 valence electrons. The summed E-state index contributed by atoms with van der Waals surface area (Å²) in [6.45, 7) is 0.244. The number of rotatable bonds is 2. The number of hydrogen-bond donors (Lipinski definition) is 0. The Hall–Kier alpha value is 0.797. The fourth-order valence-electron chi connectivity index (χ4n) is 1.72. The van der Waals surface area contributed by atoms with Gasteiger partial charge >= 0.3 is 0 Å². The van der Waals surface area contributed by atoms with Crippen molar-refractivity contribution in [3.8, 4) is 0 Å². The molecule has 0 nitrogen and oxygen atoms in total. The van der Waals surface area contributed by atoms with E-state index >= 15 is 0 Å². The van der Waals surface area contributed by atoms with Crippen LogP contribution in [0.5, 0.6) is 0 Å². The van der Waals surface area contributed by atoms with Crippen LogP contribution in [0.2, 0.25) is 12.6 Å². The van der Waals surface area contributed by atoms with E-state index in [9.17, 15) is 0 Å². The molecule has 0 unspecified atom stereocenters. The van der Waals surface area contributed by atoms with Crippen LogP contribution >= 0.6 is 22.2 Å². The molecule has 0 aromatic carbocycles. The zero-order valence-electron chi connectivity index (χ0n) is 6.37. The summed E-state index contributed by atoms with van der Waals surface area (Å²) in [5, 5.41) is 0. The minimum Gasteiger partial charge on any atom is -0.146 e. The maximum atomic E-state index is 6.02. The highest BCUT2D eigenvalue weighted by molar-refractivity contribution is 7.44. The second kappa shape index (κ2) is 3.46. The highest BCUT2D eigenvalue weighted by Gasteiger charge is 2.27. The van der Waals surface area contributed by atoms with E-state index in [0.717, 1.165) is 12.0 Å². The SMILES string of the molecule is C[Si](Cl)(Cl)CC1CCCC1. The van der Waals surface area contributed by atoms with Crippen molar-refractivity contribution in [3.05, 3.63) is 0 Å². The lowest BCUT2D eigenvalue weighted by Gasteiger charge is -2.14. The van der Waals surface area contributed by atoms with E-state index < -0.39 is 6.69 Å². The van der Waals surface area contributed by atoms with Crippen molar-refractivity contribution in [2.24, 2.45) is 5.92 Å². The maximum absolute atomic E-state index is 6.02. The van der Waals surface area contributed by atoms with Gasteiger partial charge in [0.2, 0.25) is 6.69 Å². The molecular weight excluding hydrogens is 183 g/mol. The quantitative estimate of drug-likeness (QED) is 0.467. The van der Waals surface area contributed by atoms with E-state index in [2.05, 4.69) is 0 Å². The third-order valence-corrected chi connectivity index (χ3v) is 4.34. The van der Waals surface area contributed by atoms with Crippen molar-refractivity contribution < 1.29 is 0 Å². The summed E-state index contributed by atoms with van der Waals surface area (Å²) in [6.07, 6.45) is 5.51. The normalized spacial score (nSPS) is 21.9. The first-order valence-corrected chi connectivity index (χ1v) is 8.69. The van der Waals surface area contributed by atoms with Crippen LogP contribution in [0.15, 0.2) is 0 Å². The predicted octanol–water partition coefficient (Wildman–Crippen LogP) is 3.73. The third-order valence-electron chi connectivity index (χ3n) is 2.12. The maximum Gasteiger partial charge on any atom is 0.248 e. The molecule has 0 spiro atoms. The topological polar surface area (TPSA) is 0 Å². The Morgan fingerprint density at radius 1 is 1.30 bits per heavy atom. The van der Waals surface area contributed by atoms with Crippen molar-refractivity contribution in [2.45, 2.75) is 38.3 Å². The lowest BCUT2D eigenvalue weighted by Crippen LogP contribution is -2.16. The van der Waals surface area contributed by atoms with Crippen molar-refractivity contribution in [1.29, 1.82) is 0 Å². The molecule has 0 aromatic heterocycles. The summed E-state index contributed by atoms with van der Waals surface area (Å²) in [6, 6.07) is 1.11. The van der Waals surface area contributed by atoms with Gasteiger partial charge in [-0.2, -0.15) is 0 Å². The van der Waals surface area contributed by atoms with Gasteiger partial charge in [0.25, 0.3) is 0 Å². The Morgan fingerprint density at radius 2 is 1.80 bits per heavy atom. The van der Waals surface area contributed by atoms with Crippen LogP contribution in [0.1, 0.15) is 25.7 Å². The summed E-state index contributed by atoms with van der Waals surface area (Å²) < 4.78 is 0. The molecule has 1 aliphatic rings. The largest absolute Gasteiger partial charge is 0.248 e. The molecule has 0 saturated heterocycles. The van der Waals surface area contributed by atoms with Gasteiger partial charge in [0.1, 0.15) is 0 Å². The third kappa shape index (κ3) is 3.27. The Morgan fingerprint density at radius 3 is 2.20 bits per heavy atom. The van der Waals surface area contributed by atoms with Crippen LogP contribution in [0.4, 0.5) is 0 Å². The van der Waals surface area contributed by atoms with Crippen molar-refractivity contribution in [1.82, 2.24) is 0 Å². The average molecular weight is 197 g/mol. The monoisotopic (exact) mass is 196 g/mol. The molecule has 1 aliphatic carbocycles. The minimum absolute atomic E-state index is 0.853. The van der Waals surface area contributed by atoms with Gasteiger partial charge in [-0.25, -0.2) is 0 Å². The second-order valence-electron chi connectivity index (χ2n) is 3.42. The molecule has 0 amide bonds. The van der Waals surface area contributed by atoms with Crippen LogP contribution in [-0.2, 0) is 0 Å². The van der Waals surface area contributed by atoms with Gasteiger partial charge in [-0.05, 0) is 18.5 Å². The van der Waals surface area contributed by atoms with Crippen LogP contribution < -0.4 is 0 Å². The first kappa shape index (κ1) is 8.89. The minimum atomic E-state index is -1.78. The van der Waals surface area contributed by atoms with Gasteiger partial charge in [-0.15, -0.1) is 22.2 Å². The van der Waals surface area contributed by atoms with E-state index in [4.69, 9.17) is 22.2 Å². The molecule has 0 N–H and O–H groups in total. The molecule has 3 heteroatoms. The molecule has 1 fully saturated rings. The molecule has 10 heavy (non-hydrogen) atoms. The van der Waals surface area contributed by atoms with Crippen LogP contribution in [0.3, 0.4) is 0 Å². The summed E-state index contributed by atoms with van der Waals surface area (Å²) in [7, 11) is 0. The molecule has 0 radical (unpaired) electrons. The van der Waals surface area contributed by atoms with Crippen LogP contribution in [-0.4, -0.2) is 6.69 Å². The Balaban J connectivity index is 2.24. The Labute approximate surface area is 73.3 Å². The summed E-state index contributed by atoms with van der Waals surface area (Å²) in [4.78, 5) is 0. The summed E-state index contributed by atoms with van der Waals surface area (Å²) in [5.41, 5.74) is 0. The van der Waals surface area contributed by atoms with E-state index in [0.29, 0.717) is 0 Å². The smallest absolute Gasteiger partial charge is 0.146 e. The molecule has 1 rings (SSSR count). The lowest BCUT2D eigenvalue weighted by molar-refractivity contribution is 0.606. The predicted molar refractivity (Wildman–Crippen MR) is 50.1 cm³/mol. The first-order valence-electron chi connectivity index (χ1n) is 3.96. The van der Waals surface area contributed by atoms with Gasteiger partial charge in [-0.1, -0.05) is 25.7 Å². The molecule has 1 saturated carbocycles. The lowest BCUT2D eigenvalue weighted by atomic mass is 10.1. The van der Waals surface area contributed by atoms with E-state index in [-0.39, 0.29) is 0 Å². The van der Waals surface area contributed by atoms with Crippen molar-refractivity contribution in [2.75, 3.05) is 0 Å². The molecule has 0 heterocycles. The fraction of sp³-hybridized carbons (Fsp3) is 1.00. The summed E-state index contributed by atoms with van der Waals surface area (Å²) >= 11 is 12.0. The molecule has 0 aromatic rings. The van der Waals surface area contributed by atoms with Crippen LogP contribution in [0.25, 0.3) is 0 Å². The van der Waals surface area contributed by atoms with E-state index in [1.807, 2.05) is 6.55 Å². The molecule has 0 bridgehead atoms. The molecule has 0 atom stereocenters. The second-order valence-corrected chi connectivity index (χ2v) is 11.6. The standard InChI is InChI=1S/C7H14Cl2Si/c1-10(8,9)6-7-4-2-3-5-7/h7H,2-6H2,1H3. The van der Waals surface area contributed by atoms with Gasteiger partial charge in [0, 0.05) is 0 Å².